The molecule has 1 unspecified atom stereocenters. The van der Waals surface area contributed by atoms with Crippen LogP contribution in [0.5, 0.6) is 0 Å². The van der Waals surface area contributed by atoms with Crippen molar-refractivity contribution >= 4 is 0 Å². The van der Waals surface area contributed by atoms with E-state index in [4.69, 9.17) is 0 Å². The first kappa shape index (κ1) is 16.1. The second-order valence-electron chi connectivity index (χ2n) is 5.71. The zero-order valence-corrected chi connectivity index (χ0v) is 13.6. The van der Waals surface area contributed by atoms with Gasteiger partial charge in [0.05, 0.1) is 0 Å². The number of hydrogen-bond donors (Lipinski definition) is 0. The summed E-state index contributed by atoms with van der Waals surface area (Å²) in [5, 5.41) is 0. The Labute approximate surface area is 134 Å². The smallest absolute Gasteiger partial charge is 0.0249 e. The predicted molar refractivity (Wildman–Crippen MR) is 96.1 cm³/mol. The van der Waals surface area contributed by atoms with Crippen LogP contribution in [0.4, 0.5) is 0 Å². The molecular formula is C22H24. The summed E-state index contributed by atoms with van der Waals surface area (Å²) < 4.78 is 0. The van der Waals surface area contributed by atoms with Crippen molar-refractivity contribution in [2.45, 2.75) is 39.0 Å². The normalized spacial score (nSPS) is 11.4. The molecule has 0 saturated heterocycles. The molecule has 0 saturated carbocycles. The molecule has 0 bridgehead atoms. The van der Waals surface area contributed by atoms with Gasteiger partial charge in [0.15, 0.2) is 0 Å². The summed E-state index contributed by atoms with van der Waals surface area (Å²) in [5.41, 5.74) is 4.86. The molecule has 1 atom stereocenters. The Morgan fingerprint density at radius 1 is 0.955 bits per heavy atom. The second-order valence-corrected chi connectivity index (χ2v) is 5.71. The topological polar surface area (TPSA) is 0 Å². The maximum Gasteiger partial charge on any atom is 0.0249 e. The number of aryl methyl sites for hydroxylation is 1. The summed E-state index contributed by atoms with van der Waals surface area (Å²) >= 11 is 0. The molecule has 0 aliphatic carbocycles. The number of allylic oxidation sites excluding steroid dienone is 1. The fourth-order valence-electron chi connectivity index (χ4n) is 2.30. The number of benzene rings is 2. The Hall–Kier alpha value is -2.26. The van der Waals surface area contributed by atoms with Gasteiger partial charge in [0, 0.05) is 11.1 Å². The molecule has 0 heteroatoms. The van der Waals surface area contributed by atoms with Crippen molar-refractivity contribution in [1.82, 2.24) is 0 Å². The van der Waals surface area contributed by atoms with Crippen LogP contribution >= 0.6 is 0 Å². The summed E-state index contributed by atoms with van der Waals surface area (Å²) in [6.07, 6.45) is 5.20. The minimum Gasteiger partial charge on any atom is -0.103 e. The largest absolute Gasteiger partial charge is 0.103 e. The Bertz CT molecular complexity index is 648. The van der Waals surface area contributed by atoms with E-state index in [9.17, 15) is 0 Å². The van der Waals surface area contributed by atoms with Crippen LogP contribution in [-0.4, -0.2) is 0 Å². The highest BCUT2D eigenvalue weighted by atomic mass is 14.1. The van der Waals surface area contributed by atoms with E-state index in [1.807, 2.05) is 6.08 Å². The molecular weight excluding hydrogens is 264 g/mol. The lowest BCUT2D eigenvalue weighted by atomic mass is 9.98. The lowest BCUT2D eigenvalue weighted by Crippen LogP contribution is -1.90. The zero-order chi connectivity index (χ0) is 15.8. The first-order chi connectivity index (χ1) is 10.7. The minimum absolute atomic E-state index is 0.616. The molecule has 0 aliphatic rings. The highest BCUT2D eigenvalue weighted by molar-refractivity contribution is 5.44. The Morgan fingerprint density at radius 3 is 2.00 bits per heavy atom. The van der Waals surface area contributed by atoms with Crippen molar-refractivity contribution in [2.24, 2.45) is 0 Å². The van der Waals surface area contributed by atoms with Crippen LogP contribution in [0, 0.1) is 11.8 Å². The third kappa shape index (κ3) is 4.64. The Kier molecular flexibility index (Phi) is 6.04. The first-order valence-electron chi connectivity index (χ1n) is 8.04. The predicted octanol–water partition coefficient (Wildman–Crippen LogP) is 5.72. The van der Waals surface area contributed by atoms with Gasteiger partial charge in [-0.25, -0.2) is 0 Å². The van der Waals surface area contributed by atoms with Crippen molar-refractivity contribution in [1.29, 1.82) is 0 Å². The fraction of sp³-hybridized carbons (Fsp3) is 0.273. The SMILES string of the molecule is C=CCCc1ccc(C#Cc2ccc(C(C)CC)cc2)cc1. The molecule has 0 amide bonds. The highest BCUT2D eigenvalue weighted by Gasteiger charge is 2.01. The van der Waals surface area contributed by atoms with E-state index in [2.05, 4.69) is 80.8 Å². The van der Waals surface area contributed by atoms with Crippen molar-refractivity contribution < 1.29 is 0 Å². The van der Waals surface area contributed by atoms with E-state index >= 15 is 0 Å². The van der Waals surface area contributed by atoms with Crippen LogP contribution in [0.3, 0.4) is 0 Å². The average Bonchev–Trinajstić information content (AvgIpc) is 2.58. The van der Waals surface area contributed by atoms with Gasteiger partial charge in [-0.15, -0.1) is 6.58 Å². The Morgan fingerprint density at radius 2 is 1.50 bits per heavy atom. The van der Waals surface area contributed by atoms with Gasteiger partial charge in [-0.05, 0) is 60.6 Å². The quantitative estimate of drug-likeness (QED) is 0.487. The van der Waals surface area contributed by atoms with Gasteiger partial charge < -0.3 is 0 Å². The van der Waals surface area contributed by atoms with Crippen LogP contribution in [0.1, 0.15) is 54.9 Å². The lowest BCUT2D eigenvalue weighted by Gasteiger charge is -2.07. The van der Waals surface area contributed by atoms with Crippen molar-refractivity contribution in [3.05, 3.63) is 83.4 Å². The summed E-state index contributed by atoms with van der Waals surface area (Å²) in [4.78, 5) is 0. The zero-order valence-electron chi connectivity index (χ0n) is 13.6. The fourth-order valence-corrected chi connectivity index (χ4v) is 2.30. The van der Waals surface area contributed by atoms with E-state index in [-0.39, 0.29) is 0 Å². The van der Waals surface area contributed by atoms with Gasteiger partial charge in [-0.2, -0.15) is 0 Å². The molecule has 0 spiro atoms. The van der Waals surface area contributed by atoms with E-state index < -0.39 is 0 Å². The molecule has 0 aliphatic heterocycles. The molecule has 0 heterocycles. The third-order valence-electron chi connectivity index (χ3n) is 4.03. The molecule has 22 heavy (non-hydrogen) atoms. The molecule has 0 nitrogen and oxygen atoms in total. The molecule has 2 aromatic carbocycles. The summed E-state index contributed by atoms with van der Waals surface area (Å²) in [6.45, 7) is 8.23. The summed E-state index contributed by atoms with van der Waals surface area (Å²) in [5.74, 6) is 7.09. The molecule has 2 aromatic rings. The van der Waals surface area contributed by atoms with Gasteiger partial charge in [-0.3, -0.25) is 0 Å². The van der Waals surface area contributed by atoms with E-state index in [0.717, 1.165) is 24.0 Å². The van der Waals surface area contributed by atoms with Gasteiger partial charge >= 0.3 is 0 Å². The molecule has 0 aromatic heterocycles. The monoisotopic (exact) mass is 288 g/mol. The minimum atomic E-state index is 0.616. The standard InChI is InChI=1S/C22H24/c1-4-6-7-19-8-10-20(11-9-19)12-13-21-14-16-22(17-15-21)18(3)5-2/h4,8-11,14-18H,1,5-7H2,2-3H3. The molecule has 2 rings (SSSR count). The summed E-state index contributed by atoms with van der Waals surface area (Å²) in [6, 6.07) is 17.1. The number of hydrogen-bond acceptors (Lipinski definition) is 0. The highest BCUT2D eigenvalue weighted by Crippen LogP contribution is 2.18. The van der Waals surface area contributed by atoms with Crippen LogP contribution in [0.15, 0.2) is 61.2 Å². The van der Waals surface area contributed by atoms with Crippen molar-refractivity contribution in [3.8, 4) is 11.8 Å². The van der Waals surface area contributed by atoms with Crippen molar-refractivity contribution in [2.75, 3.05) is 0 Å². The van der Waals surface area contributed by atoms with Crippen LogP contribution in [0.25, 0.3) is 0 Å². The first-order valence-corrected chi connectivity index (χ1v) is 8.04. The van der Waals surface area contributed by atoms with Gasteiger partial charge in [0.1, 0.15) is 0 Å². The number of rotatable bonds is 5. The molecule has 0 radical (unpaired) electrons. The van der Waals surface area contributed by atoms with Gasteiger partial charge in [0.25, 0.3) is 0 Å². The summed E-state index contributed by atoms with van der Waals surface area (Å²) in [7, 11) is 0. The van der Waals surface area contributed by atoms with Crippen LogP contribution < -0.4 is 0 Å². The maximum absolute atomic E-state index is 3.76. The van der Waals surface area contributed by atoms with Gasteiger partial charge in [-0.1, -0.05) is 56.0 Å². The Balaban J connectivity index is 2.04. The lowest BCUT2D eigenvalue weighted by molar-refractivity contribution is 0.733. The van der Waals surface area contributed by atoms with Gasteiger partial charge in [0.2, 0.25) is 0 Å². The van der Waals surface area contributed by atoms with E-state index in [1.165, 1.54) is 17.5 Å². The van der Waals surface area contributed by atoms with Crippen molar-refractivity contribution in [3.63, 3.8) is 0 Å². The molecule has 0 N–H and O–H groups in total. The molecule has 112 valence electrons. The molecule has 0 fully saturated rings. The second kappa shape index (κ2) is 8.25. The third-order valence-corrected chi connectivity index (χ3v) is 4.03. The van der Waals surface area contributed by atoms with E-state index in [1.54, 1.807) is 0 Å². The maximum atomic E-state index is 3.76. The van der Waals surface area contributed by atoms with Crippen LogP contribution in [0.2, 0.25) is 0 Å². The average molecular weight is 288 g/mol. The van der Waals surface area contributed by atoms with Crippen LogP contribution in [-0.2, 0) is 6.42 Å². The van der Waals surface area contributed by atoms with E-state index in [0.29, 0.717) is 5.92 Å².